The van der Waals surface area contributed by atoms with Gasteiger partial charge in [-0.05, 0) is 12.2 Å². The van der Waals surface area contributed by atoms with E-state index in [2.05, 4.69) is 22.4 Å². The summed E-state index contributed by atoms with van der Waals surface area (Å²) in [7, 11) is 0. The van der Waals surface area contributed by atoms with Crippen LogP contribution in [0.4, 0.5) is 0 Å². The van der Waals surface area contributed by atoms with Crippen LogP contribution in [0.5, 0.6) is 0 Å². The first-order valence-electron chi connectivity index (χ1n) is 7.53. The molecule has 1 aliphatic rings. The topological polar surface area (TPSA) is 127 Å². The first-order valence-corrected chi connectivity index (χ1v) is 7.94. The molecule has 0 bridgehead atoms. The maximum atomic E-state index is 11.5. The molecule has 1 saturated heterocycles. The Kier molecular flexibility index (Phi) is 8.30. The second-order valence-corrected chi connectivity index (χ2v) is 5.49. The van der Waals surface area contributed by atoms with Crippen LogP contribution in [-0.2, 0) is 42.9 Å². The van der Waals surface area contributed by atoms with Gasteiger partial charge in [0.2, 0.25) is 0 Å². The summed E-state index contributed by atoms with van der Waals surface area (Å²) < 4.78 is 26.0. The van der Waals surface area contributed by atoms with Crippen LogP contribution in [0.25, 0.3) is 0 Å². The van der Waals surface area contributed by atoms with Crippen molar-refractivity contribution in [3.8, 4) is 0 Å². The van der Waals surface area contributed by atoms with Crippen LogP contribution in [0.2, 0.25) is 0 Å². The van der Waals surface area contributed by atoms with Crippen molar-refractivity contribution >= 4 is 41.3 Å². The van der Waals surface area contributed by atoms with Gasteiger partial charge in [-0.3, -0.25) is 19.2 Å². The van der Waals surface area contributed by atoms with Gasteiger partial charge in [0.15, 0.2) is 24.5 Å². The predicted molar refractivity (Wildman–Crippen MR) is 87.0 cm³/mol. The number of carbonyl (C=O) groups excluding carboxylic acids is 4. The molecule has 0 aliphatic carbocycles. The molecule has 0 saturated carbocycles. The predicted octanol–water partition coefficient (Wildman–Crippen LogP) is 0.172. The summed E-state index contributed by atoms with van der Waals surface area (Å²) in [5, 5.41) is 2.09. The molecule has 10 nitrogen and oxygen atoms in total. The van der Waals surface area contributed by atoms with Gasteiger partial charge in [-0.2, -0.15) is 4.99 Å². The summed E-state index contributed by atoms with van der Waals surface area (Å²) in [6, 6.07) is 0. The summed E-state index contributed by atoms with van der Waals surface area (Å²) in [5.74, 6) is -2.74. The molecule has 0 amide bonds. The quantitative estimate of drug-likeness (QED) is 0.268. The van der Waals surface area contributed by atoms with Crippen molar-refractivity contribution in [3.63, 3.8) is 0 Å². The number of hydrogen-bond donors (Lipinski definition) is 0. The molecule has 26 heavy (non-hydrogen) atoms. The van der Waals surface area contributed by atoms with Gasteiger partial charge in [-0.1, -0.05) is 0 Å². The zero-order chi connectivity index (χ0) is 19.9. The highest BCUT2D eigenvalue weighted by atomic mass is 32.1. The lowest BCUT2D eigenvalue weighted by atomic mass is 9.97. The molecule has 1 fully saturated rings. The fraction of sp³-hybridized carbons (Fsp3) is 0.667. The molecule has 5 atom stereocenters. The lowest BCUT2D eigenvalue weighted by Gasteiger charge is -2.42. The lowest BCUT2D eigenvalue weighted by molar-refractivity contribution is -0.250. The molecule has 0 radical (unpaired) electrons. The number of aliphatic imine (C=N–C) groups is 1. The van der Waals surface area contributed by atoms with E-state index in [-0.39, 0.29) is 6.61 Å². The highest BCUT2D eigenvalue weighted by molar-refractivity contribution is 7.78. The molecule has 11 heteroatoms. The molecule has 1 rings (SSSR count). The van der Waals surface area contributed by atoms with Crippen molar-refractivity contribution in [1.29, 1.82) is 0 Å². The summed E-state index contributed by atoms with van der Waals surface area (Å²) in [5.41, 5.74) is 0. The second-order valence-electron chi connectivity index (χ2n) is 5.31. The first-order chi connectivity index (χ1) is 12.1. The molecule has 1 aliphatic heterocycles. The van der Waals surface area contributed by atoms with Crippen LogP contribution >= 0.6 is 12.2 Å². The minimum absolute atomic E-state index is 0.318. The van der Waals surface area contributed by atoms with E-state index in [4.69, 9.17) is 23.7 Å². The Morgan fingerprint density at radius 3 is 1.85 bits per heavy atom. The molecule has 0 aromatic carbocycles. The number of carbonyl (C=O) groups is 4. The SMILES string of the molecule is CC(=O)OC[C@H]1OC(N=C=S)[C@@H](OC(C)=O)[C@@H](OC(C)=O)[C@@H]1OC(C)=O. The zero-order valence-corrected chi connectivity index (χ0v) is 15.4. The monoisotopic (exact) mass is 389 g/mol. The van der Waals surface area contributed by atoms with Crippen LogP contribution < -0.4 is 0 Å². The van der Waals surface area contributed by atoms with Gasteiger partial charge in [0.1, 0.15) is 12.7 Å². The van der Waals surface area contributed by atoms with Gasteiger partial charge >= 0.3 is 23.9 Å². The van der Waals surface area contributed by atoms with E-state index >= 15 is 0 Å². The third-order valence-corrected chi connectivity index (χ3v) is 3.25. The average Bonchev–Trinajstić information content (AvgIpc) is 2.50. The standard InChI is InChI=1S/C15H19NO9S/c1-7(17)21-5-11-12(22-8(2)18)13(23-9(3)19)14(24-10(4)20)15(25-11)16-6-26/h11-15H,5H2,1-4H3/t11-,12-,13+,14+,15?/m1/s1. The van der Waals surface area contributed by atoms with E-state index < -0.39 is 54.5 Å². The van der Waals surface area contributed by atoms with Crippen LogP contribution in [0.1, 0.15) is 27.7 Å². The Hall–Kier alpha value is -2.36. The third-order valence-electron chi connectivity index (χ3n) is 3.15. The number of isothiocyanates is 1. The molecule has 144 valence electrons. The van der Waals surface area contributed by atoms with Crippen LogP contribution in [0, 0.1) is 0 Å². The maximum absolute atomic E-state index is 11.5. The number of hydrogen-bond acceptors (Lipinski definition) is 11. The van der Waals surface area contributed by atoms with E-state index in [9.17, 15) is 19.2 Å². The van der Waals surface area contributed by atoms with Crippen molar-refractivity contribution in [2.75, 3.05) is 6.61 Å². The van der Waals surface area contributed by atoms with E-state index in [1.54, 1.807) is 0 Å². The largest absolute Gasteiger partial charge is 0.463 e. The molecule has 1 heterocycles. The Bertz CT molecular complexity index is 616. The number of rotatable bonds is 6. The minimum Gasteiger partial charge on any atom is -0.463 e. The third kappa shape index (κ3) is 6.51. The number of esters is 4. The first kappa shape index (κ1) is 21.7. The van der Waals surface area contributed by atoms with Crippen molar-refractivity contribution in [1.82, 2.24) is 0 Å². The van der Waals surface area contributed by atoms with Crippen LogP contribution in [-0.4, -0.2) is 66.3 Å². The molecular weight excluding hydrogens is 370 g/mol. The normalized spacial score (nSPS) is 27.5. The van der Waals surface area contributed by atoms with Gasteiger partial charge in [-0.25, -0.2) is 0 Å². The molecular formula is C15H19NO9S. The lowest BCUT2D eigenvalue weighted by Crippen LogP contribution is -2.61. The molecule has 0 aromatic rings. The molecule has 1 unspecified atom stereocenters. The molecule has 0 aromatic heterocycles. The summed E-state index contributed by atoms with van der Waals surface area (Å²) in [6.45, 7) is 4.26. The fourth-order valence-electron chi connectivity index (χ4n) is 2.36. The van der Waals surface area contributed by atoms with Gasteiger partial charge in [-0.15, -0.1) is 0 Å². The van der Waals surface area contributed by atoms with Gasteiger partial charge in [0, 0.05) is 27.7 Å². The number of thiocarbonyl (C=S) groups is 1. The van der Waals surface area contributed by atoms with E-state index in [0.29, 0.717) is 0 Å². The van der Waals surface area contributed by atoms with Gasteiger partial charge < -0.3 is 23.7 Å². The van der Waals surface area contributed by atoms with Crippen molar-refractivity contribution in [2.24, 2.45) is 4.99 Å². The number of nitrogens with zero attached hydrogens (tertiary/aromatic N) is 1. The van der Waals surface area contributed by atoms with E-state index in [0.717, 1.165) is 20.8 Å². The van der Waals surface area contributed by atoms with Crippen molar-refractivity contribution in [2.45, 2.75) is 58.3 Å². The molecule has 0 N–H and O–H groups in total. The van der Waals surface area contributed by atoms with Crippen LogP contribution in [0.3, 0.4) is 0 Å². The average molecular weight is 389 g/mol. The Labute approximate surface area is 154 Å². The minimum atomic E-state index is -1.26. The van der Waals surface area contributed by atoms with Crippen molar-refractivity contribution in [3.05, 3.63) is 0 Å². The van der Waals surface area contributed by atoms with E-state index in [1.165, 1.54) is 6.92 Å². The highest BCUT2D eigenvalue weighted by Crippen LogP contribution is 2.29. The van der Waals surface area contributed by atoms with E-state index in [1.807, 2.05) is 0 Å². The zero-order valence-electron chi connectivity index (χ0n) is 14.6. The van der Waals surface area contributed by atoms with Crippen LogP contribution in [0.15, 0.2) is 4.99 Å². The Balaban J connectivity index is 3.28. The summed E-state index contributed by atoms with van der Waals surface area (Å²) >= 11 is 4.55. The Morgan fingerprint density at radius 2 is 1.38 bits per heavy atom. The second kappa shape index (κ2) is 9.95. The highest BCUT2D eigenvalue weighted by Gasteiger charge is 2.52. The Morgan fingerprint density at radius 1 is 0.885 bits per heavy atom. The number of ether oxygens (including phenoxy) is 5. The fourth-order valence-corrected chi connectivity index (χ4v) is 2.47. The van der Waals surface area contributed by atoms with Gasteiger partial charge in [0.05, 0.1) is 5.16 Å². The maximum Gasteiger partial charge on any atom is 0.303 e. The summed E-state index contributed by atoms with van der Waals surface area (Å²) in [4.78, 5) is 49.3. The summed E-state index contributed by atoms with van der Waals surface area (Å²) in [6.07, 6.45) is -5.96. The van der Waals surface area contributed by atoms with Gasteiger partial charge in [0.25, 0.3) is 0 Å². The molecule has 0 spiro atoms. The van der Waals surface area contributed by atoms with Crippen molar-refractivity contribution < 1.29 is 42.9 Å². The smallest absolute Gasteiger partial charge is 0.303 e.